The maximum absolute atomic E-state index is 11.6. The van der Waals surface area contributed by atoms with E-state index in [9.17, 15) is 9.00 Å². The van der Waals surface area contributed by atoms with Gasteiger partial charge in [-0.15, -0.1) is 0 Å². The van der Waals surface area contributed by atoms with Crippen molar-refractivity contribution in [2.24, 2.45) is 5.92 Å². The van der Waals surface area contributed by atoms with Gasteiger partial charge in [0.25, 0.3) is 0 Å². The maximum atomic E-state index is 11.6. The predicted octanol–water partition coefficient (Wildman–Crippen LogP) is 1.81. The highest BCUT2D eigenvalue weighted by atomic mass is 79.9. The van der Waals surface area contributed by atoms with E-state index in [1.807, 2.05) is 6.07 Å². The molecule has 1 N–H and O–H groups in total. The van der Waals surface area contributed by atoms with Crippen LogP contribution in [0.25, 0.3) is 0 Å². The smallest absolute Gasteiger partial charge is 0.307 e. The van der Waals surface area contributed by atoms with E-state index < -0.39 is 22.7 Å². The molecule has 0 bridgehead atoms. The molecule has 88 valence electrons. The summed E-state index contributed by atoms with van der Waals surface area (Å²) in [5.74, 6) is -0.993. The van der Waals surface area contributed by atoms with Crippen molar-refractivity contribution in [3.05, 3.63) is 28.5 Å². The molecule has 0 aliphatic heterocycles. The molecule has 2 atom stereocenters. The summed E-state index contributed by atoms with van der Waals surface area (Å²) in [7, 11) is -1.17. The van der Waals surface area contributed by atoms with E-state index in [0.29, 0.717) is 5.75 Å². The zero-order chi connectivity index (χ0) is 12.1. The van der Waals surface area contributed by atoms with E-state index in [0.717, 1.165) is 10.0 Å². The topological polar surface area (TPSA) is 67.3 Å². The molecule has 0 saturated heterocycles. The Morgan fingerprint density at radius 2 is 2.31 bits per heavy atom. The minimum atomic E-state index is -1.17. The lowest BCUT2D eigenvalue weighted by Gasteiger charge is -2.06. The first-order valence-electron chi connectivity index (χ1n) is 4.66. The highest BCUT2D eigenvalue weighted by Gasteiger charge is 2.15. The molecule has 0 aliphatic carbocycles. The average molecular weight is 306 g/mol. The third-order valence-electron chi connectivity index (χ3n) is 1.95. The number of carbonyl (C=O) groups is 1. The van der Waals surface area contributed by atoms with Crippen molar-refractivity contribution < 1.29 is 14.1 Å². The molecule has 1 rings (SSSR count). The Labute approximate surface area is 105 Å². The molecular weight excluding hydrogens is 294 g/mol. The Hall–Kier alpha value is -0.750. The van der Waals surface area contributed by atoms with Crippen molar-refractivity contribution >= 4 is 32.7 Å². The largest absolute Gasteiger partial charge is 0.481 e. The first-order chi connectivity index (χ1) is 7.49. The molecule has 0 spiro atoms. The molecule has 0 aromatic carbocycles. The summed E-state index contributed by atoms with van der Waals surface area (Å²) >= 11 is 3.27. The van der Waals surface area contributed by atoms with Crippen LogP contribution in [0.2, 0.25) is 0 Å². The second-order valence-electron chi connectivity index (χ2n) is 3.50. The zero-order valence-corrected chi connectivity index (χ0v) is 11.1. The molecule has 4 nitrogen and oxygen atoms in total. The summed E-state index contributed by atoms with van der Waals surface area (Å²) in [6.07, 6.45) is 3.28. The van der Waals surface area contributed by atoms with Gasteiger partial charge in [0.2, 0.25) is 0 Å². The van der Waals surface area contributed by atoms with Crippen molar-refractivity contribution in [1.82, 2.24) is 4.98 Å². The fourth-order valence-electron chi connectivity index (χ4n) is 1.13. The lowest BCUT2D eigenvalue weighted by Crippen LogP contribution is -2.18. The number of carboxylic acids is 1. The van der Waals surface area contributed by atoms with Gasteiger partial charge in [-0.2, -0.15) is 0 Å². The summed E-state index contributed by atoms with van der Waals surface area (Å²) in [6.45, 7) is 1.55. The normalized spacial score (nSPS) is 14.4. The van der Waals surface area contributed by atoms with Crippen LogP contribution >= 0.6 is 15.9 Å². The lowest BCUT2D eigenvalue weighted by molar-refractivity contribution is -0.140. The van der Waals surface area contributed by atoms with Crippen molar-refractivity contribution in [2.75, 3.05) is 5.75 Å². The van der Waals surface area contributed by atoms with Gasteiger partial charge in [-0.1, -0.05) is 6.92 Å². The van der Waals surface area contributed by atoms with Crippen LogP contribution in [0.5, 0.6) is 0 Å². The second kappa shape index (κ2) is 6.10. The number of nitrogens with zero attached hydrogens (tertiary/aromatic N) is 1. The Kier molecular flexibility index (Phi) is 5.08. The van der Waals surface area contributed by atoms with Gasteiger partial charge in [0.05, 0.1) is 11.7 Å². The van der Waals surface area contributed by atoms with Crippen molar-refractivity contribution in [1.29, 1.82) is 0 Å². The Bertz CT molecular complexity index is 411. The Morgan fingerprint density at radius 3 is 2.88 bits per heavy atom. The van der Waals surface area contributed by atoms with Crippen molar-refractivity contribution in [2.45, 2.75) is 12.7 Å². The van der Waals surface area contributed by atoms with Gasteiger partial charge < -0.3 is 5.11 Å². The van der Waals surface area contributed by atoms with Crippen LogP contribution in [0.4, 0.5) is 0 Å². The van der Waals surface area contributed by atoms with Gasteiger partial charge in [0.1, 0.15) is 0 Å². The van der Waals surface area contributed by atoms with Gasteiger partial charge in [-0.25, -0.2) is 0 Å². The lowest BCUT2D eigenvalue weighted by atomic mass is 10.2. The summed E-state index contributed by atoms with van der Waals surface area (Å²) < 4.78 is 12.5. The summed E-state index contributed by atoms with van der Waals surface area (Å²) in [4.78, 5) is 14.5. The van der Waals surface area contributed by atoms with E-state index in [1.54, 1.807) is 19.3 Å². The van der Waals surface area contributed by atoms with Crippen LogP contribution in [-0.2, 0) is 21.3 Å². The summed E-state index contributed by atoms with van der Waals surface area (Å²) in [5, 5.41) is 8.69. The number of hydrogen-bond acceptors (Lipinski definition) is 3. The molecular formula is C10H12BrNO3S. The molecule has 0 amide bonds. The number of aromatic nitrogens is 1. The molecule has 16 heavy (non-hydrogen) atoms. The number of rotatable bonds is 5. The third-order valence-corrected chi connectivity index (χ3v) is 3.91. The van der Waals surface area contributed by atoms with E-state index in [-0.39, 0.29) is 5.75 Å². The molecule has 0 fully saturated rings. The fourth-order valence-corrected chi connectivity index (χ4v) is 2.89. The number of aliphatic carboxylic acids is 1. The van der Waals surface area contributed by atoms with Crippen LogP contribution in [0.1, 0.15) is 12.5 Å². The average Bonchev–Trinajstić information content (AvgIpc) is 2.16. The standard InChI is InChI=1S/C10H12BrNO3S/c1-7(10(13)14)5-16(15)6-8-2-9(11)4-12-3-8/h2-4,7H,5-6H2,1H3,(H,13,14). The number of pyridine rings is 1. The monoisotopic (exact) mass is 305 g/mol. The molecule has 1 aromatic heterocycles. The fraction of sp³-hybridized carbons (Fsp3) is 0.400. The number of hydrogen-bond donors (Lipinski definition) is 1. The molecule has 0 radical (unpaired) electrons. The van der Waals surface area contributed by atoms with Gasteiger partial charge in [0.15, 0.2) is 0 Å². The van der Waals surface area contributed by atoms with Crippen molar-refractivity contribution in [3.8, 4) is 0 Å². The molecule has 0 aliphatic rings. The van der Waals surface area contributed by atoms with Crippen molar-refractivity contribution in [3.63, 3.8) is 0 Å². The van der Waals surface area contributed by atoms with Crippen LogP contribution in [0, 0.1) is 5.92 Å². The van der Waals surface area contributed by atoms with E-state index in [1.165, 1.54) is 0 Å². The summed E-state index contributed by atoms with van der Waals surface area (Å²) in [5.41, 5.74) is 0.838. The maximum Gasteiger partial charge on any atom is 0.307 e. The minimum Gasteiger partial charge on any atom is -0.481 e. The van der Waals surface area contributed by atoms with E-state index in [2.05, 4.69) is 20.9 Å². The minimum absolute atomic E-state index is 0.168. The van der Waals surface area contributed by atoms with E-state index in [4.69, 9.17) is 5.11 Å². The molecule has 0 saturated carbocycles. The predicted molar refractivity (Wildman–Crippen MR) is 65.5 cm³/mol. The SMILES string of the molecule is CC(CS(=O)Cc1cncc(Br)c1)C(=O)O. The molecule has 1 heterocycles. The molecule has 2 unspecified atom stereocenters. The number of halogens is 1. The highest BCUT2D eigenvalue weighted by molar-refractivity contribution is 9.10. The van der Waals surface area contributed by atoms with Crippen LogP contribution in [-0.4, -0.2) is 26.0 Å². The van der Waals surface area contributed by atoms with Crippen LogP contribution < -0.4 is 0 Å². The van der Waals surface area contributed by atoms with Gasteiger partial charge in [-0.3, -0.25) is 14.0 Å². The Morgan fingerprint density at radius 1 is 1.62 bits per heavy atom. The number of carboxylic acid groups (broad SMARTS) is 1. The molecule has 1 aromatic rings. The first kappa shape index (κ1) is 13.3. The van der Waals surface area contributed by atoms with Gasteiger partial charge in [-0.05, 0) is 27.6 Å². The summed E-state index contributed by atoms with van der Waals surface area (Å²) in [6, 6.07) is 1.83. The zero-order valence-electron chi connectivity index (χ0n) is 8.72. The van der Waals surface area contributed by atoms with Gasteiger partial charge >= 0.3 is 5.97 Å². The quantitative estimate of drug-likeness (QED) is 0.901. The van der Waals surface area contributed by atoms with Crippen LogP contribution in [0.15, 0.2) is 22.9 Å². The highest BCUT2D eigenvalue weighted by Crippen LogP contribution is 2.12. The van der Waals surface area contributed by atoms with Gasteiger partial charge in [0, 0.05) is 33.4 Å². The Balaban J connectivity index is 2.55. The second-order valence-corrected chi connectivity index (χ2v) is 5.92. The van der Waals surface area contributed by atoms with E-state index >= 15 is 0 Å². The first-order valence-corrected chi connectivity index (χ1v) is 6.94. The third kappa shape index (κ3) is 4.40. The molecule has 6 heteroatoms. The van der Waals surface area contributed by atoms with Crippen LogP contribution in [0.3, 0.4) is 0 Å².